The topological polar surface area (TPSA) is 39.2 Å². The highest BCUT2D eigenvalue weighted by Gasteiger charge is 2.15. The molecule has 0 saturated heterocycles. The molecule has 0 radical (unpaired) electrons. The first-order chi connectivity index (χ1) is 6.07. The van der Waals surface area contributed by atoms with Crippen LogP contribution in [-0.2, 0) is 4.74 Å². The first-order valence-electron chi connectivity index (χ1n) is 3.78. The van der Waals surface area contributed by atoms with Gasteiger partial charge in [0.1, 0.15) is 10.7 Å². The van der Waals surface area contributed by atoms with Gasteiger partial charge in [-0.2, -0.15) is 0 Å². The summed E-state index contributed by atoms with van der Waals surface area (Å²) in [6.45, 7) is 3.68. The molecule has 13 heavy (non-hydrogen) atoms. The molecule has 0 aromatic carbocycles. The van der Waals surface area contributed by atoms with Crippen molar-refractivity contribution in [1.29, 1.82) is 0 Å². The number of aromatic nitrogens is 1. The first-order valence-corrected chi connectivity index (χ1v) is 4.15. The van der Waals surface area contributed by atoms with E-state index in [1.165, 1.54) is 7.11 Å². The Hall–Kier alpha value is -1.09. The molecule has 1 aromatic heterocycles. The monoisotopic (exact) mass is 199 g/mol. The summed E-state index contributed by atoms with van der Waals surface area (Å²) < 4.78 is 4.59. The van der Waals surface area contributed by atoms with Crippen molar-refractivity contribution in [2.75, 3.05) is 7.11 Å². The Morgan fingerprint density at radius 1 is 1.54 bits per heavy atom. The number of carbonyl (C=O) groups excluding carboxylic acids is 1. The number of pyridine rings is 1. The van der Waals surface area contributed by atoms with E-state index >= 15 is 0 Å². The maximum absolute atomic E-state index is 11.3. The molecule has 1 aromatic rings. The van der Waals surface area contributed by atoms with Crippen LogP contribution in [0.2, 0.25) is 5.15 Å². The average molecular weight is 200 g/mol. The number of hydrogen-bond donors (Lipinski definition) is 0. The molecule has 0 spiro atoms. The summed E-state index contributed by atoms with van der Waals surface area (Å²) in [5, 5.41) is 0.190. The van der Waals surface area contributed by atoms with Crippen LogP contribution in [0.25, 0.3) is 0 Å². The van der Waals surface area contributed by atoms with Crippen molar-refractivity contribution in [3.8, 4) is 0 Å². The number of halogens is 1. The van der Waals surface area contributed by atoms with Crippen LogP contribution in [0.5, 0.6) is 0 Å². The summed E-state index contributed by atoms with van der Waals surface area (Å²) in [6.07, 6.45) is 1.63. The van der Waals surface area contributed by atoms with Gasteiger partial charge in [-0.3, -0.25) is 0 Å². The fourth-order valence-electron chi connectivity index (χ4n) is 1.01. The maximum Gasteiger partial charge on any atom is 0.341 e. The Kier molecular flexibility index (Phi) is 2.88. The van der Waals surface area contributed by atoms with Crippen LogP contribution < -0.4 is 0 Å². The van der Waals surface area contributed by atoms with Crippen molar-refractivity contribution in [2.24, 2.45) is 0 Å². The van der Waals surface area contributed by atoms with Crippen molar-refractivity contribution in [3.05, 3.63) is 28.0 Å². The summed E-state index contributed by atoms with van der Waals surface area (Å²) in [5.74, 6) is -0.446. The molecule has 1 heterocycles. The molecule has 0 atom stereocenters. The van der Waals surface area contributed by atoms with Gasteiger partial charge >= 0.3 is 5.97 Å². The molecule has 4 heteroatoms. The Morgan fingerprint density at radius 3 is 2.69 bits per heavy atom. The lowest BCUT2D eigenvalue weighted by molar-refractivity contribution is 0.0599. The fourth-order valence-corrected chi connectivity index (χ4v) is 1.27. The number of aryl methyl sites for hydroxylation is 1. The lowest BCUT2D eigenvalue weighted by Gasteiger charge is -2.07. The van der Waals surface area contributed by atoms with Gasteiger partial charge in [-0.25, -0.2) is 9.78 Å². The van der Waals surface area contributed by atoms with E-state index in [-0.39, 0.29) is 5.15 Å². The third kappa shape index (κ3) is 1.80. The van der Waals surface area contributed by atoms with Crippen molar-refractivity contribution in [1.82, 2.24) is 4.98 Å². The third-order valence-electron chi connectivity index (χ3n) is 1.93. The van der Waals surface area contributed by atoms with E-state index in [0.717, 1.165) is 11.1 Å². The second-order valence-corrected chi connectivity index (χ2v) is 3.08. The number of ether oxygens (including phenoxy) is 1. The molecule has 0 aliphatic carbocycles. The summed E-state index contributed by atoms with van der Waals surface area (Å²) in [4.78, 5) is 15.1. The van der Waals surface area contributed by atoms with Gasteiger partial charge in [-0.15, -0.1) is 0 Å². The standard InChI is InChI=1S/C9H10ClNO2/c1-5-4-11-8(10)7(6(5)2)9(12)13-3/h4H,1-3H3. The number of carbonyl (C=O) groups is 1. The minimum Gasteiger partial charge on any atom is -0.465 e. The Bertz CT molecular complexity index is 350. The second-order valence-electron chi connectivity index (χ2n) is 2.72. The summed E-state index contributed by atoms with van der Waals surface area (Å²) in [5.41, 5.74) is 2.08. The SMILES string of the molecule is COC(=O)c1c(Cl)ncc(C)c1C. The van der Waals surface area contributed by atoms with E-state index < -0.39 is 5.97 Å². The van der Waals surface area contributed by atoms with E-state index in [2.05, 4.69) is 9.72 Å². The Labute approximate surface area is 81.7 Å². The van der Waals surface area contributed by atoms with Gasteiger partial charge in [-0.05, 0) is 25.0 Å². The van der Waals surface area contributed by atoms with Crippen LogP contribution in [0.1, 0.15) is 21.5 Å². The number of methoxy groups -OCH3 is 1. The molecule has 0 amide bonds. The van der Waals surface area contributed by atoms with E-state index in [1.54, 1.807) is 6.20 Å². The molecule has 1 rings (SSSR count). The molecule has 0 unspecified atom stereocenters. The fraction of sp³-hybridized carbons (Fsp3) is 0.333. The van der Waals surface area contributed by atoms with E-state index in [4.69, 9.17) is 11.6 Å². The molecule has 0 fully saturated rings. The molecule has 0 bridgehead atoms. The molecule has 0 saturated carbocycles. The minimum atomic E-state index is -0.446. The van der Waals surface area contributed by atoms with Gasteiger partial charge in [0, 0.05) is 6.20 Å². The molecule has 0 aliphatic rings. The van der Waals surface area contributed by atoms with Crippen LogP contribution in [0, 0.1) is 13.8 Å². The van der Waals surface area contributed by atoms with Gasteiger partial charge in [0.25, 0.3) is 0 Å². The number of nitrogens with zero attached hydrogens (tertiary/aromatic N) is 1. The van der Waals surface area contributed by atoms with Gasteiger partial charge in [0.15, 0.2) is 0 Å². The normalized spacial score (nSPS) is 9.85. The quantitative estimate of drug-likeness (QED) is 0.514. The third-order valence-corrected chi connectivity index (χ3v) is 2.22. The van der Waals surface area contributed by atoms with E-state index in [1.807, 2.05) is 13.8 Å². The Morgan fingerprint density at radius 2 is 2.15 bits per heavy atom. The zero-order chi connectivity index (χ0) is 10.0. The Balaban J connectivity index is 3.33. The van der Waals surface area contributed by atoms with Gasteiger partial charge in [0.2, 0.25) is 0 Å². The summed E-state index contributed by atoms with van der Waals surface area (Å²) in [7, 11) is 1.32. The largest absolute Gasteiger partial charge is 0.465 e. The average Bonchev–Trinajstić information content (AvgIpc) is 2.12. The molecule has 0 aliphatic heterocycles. The van der Waals surface area contributed by atoms with Gasteiger partial charge < -0.3 is 4.74 Å². The zero-order valence-corrected chi connectivity index (χ0v) is 8.47. The smallest absolute Gasteiger partial charge is 0.341 e. The van der Waals surface area contributed by atoms with E-state index in [9.17, 15) is 4.79 Å². The number of esters is 1. The summed E-state index contributed by atoms with van der Waals surface area (Å²) >= 11 is 5.76. The van der Waals surface area contributed by atoms with E-state index in [0.29, 0.717) is 5.56 Å². The van der Waals surface area contributed by atoms with Crippen LogP contribution in [0.3, 0.4) is 0 Å². The van der Waals surface area contributed by atoms with Crippen LogP contribution in [-0.4, -0.2) is 18.1 Å². The summed E-state index contributed by atoms with van der Waals surface area (Å²) in [6, 6.07) is 0. The van der Waals surface area contributed by atoms with Crippen LogP contribution in [0.4, 0.5) is 0 Å². The van der Waals surface area contributed by atoms with Gasteiger partial charge in [-0.1, -0.05) is 11.6 Å². The lowest BCUT2D eigenvalue weighted by atomic mass is 10.1. The van der Waals surface area contributed by atoms with Crippen LogP contribution in [0.15, 0.2) is 6.20 Å². The molecule has 0 N–H and O–H groups in total. The van der Waals surface area contributed by atoms with Crippen molar-refractivity contribution in [3.63, 3.8) is 0 Å². The van der Waals surface area contributed by atoms with Gasteiger partial charge in [0.05, 0.1) is 7.11 Å². The highest BCUT2D eigenvalue weighted by molar-refractivity contribution is 6.32. The number of rotatable bonds is 1. The zero-order valence-electron chi connectivity index (χ0n) is 7.72. The number of hydrogen-bond acceptors (Lipinski definition) is 3. The molecular weight excluding hydrogens is 190 g/mol. The highest BCUT2D eigenvalue weighted by atomic mass is 35.5. The van der Waals surface area contributed by atoms with Crippen molar-refractivity contribution in [2.45, 2.75) is 13.8 Å². The maximum atomic E-state index is 11.3. The minimum absolute atomic E-state index is 0.190. The van der Waals surface area contributed by atoms with Crippen molar-refractivity contribution < 1.29 is 9.53 Å². The molecule has 3 nitrogen and oxygen atoms in total. The second kappa shape index (κ2) is 3.75. The molecule has 70 valence electrons. The predicted octanol–water partition coefficient (Wildman–Crippen LogP) is 2.14. The predicted molar refractivity (Wildman–Crippen MR) is 50.1 cm³/mol. The highest BCUT2D eigenvalue weighted by Crippen LogP contribution is 2.20. The van der Waals surface area contributed by atoms with Crippen LogP contribution >= 0.6 is 11.6 Å². The first kappa shape index (κ1) is 9.99. The lowest BCUT2D eigenvalue weighted by Crippen LogP contribution is -2.07. The molecular formula is C9H10ClNO2. The van der Waals surface area contributed by atoms with Crippen molar-refractivity contribution >= 4 is 17.6 Å².